The number of hydrogen-bond acceptors (Lipinski definition) is 3. The zero-order valence-corrected chi connectivity index (χ0v) is 17.8. The lowest BCUT2D eigenvalue weighted by molar-refractivity contribution is -0.119. The molecule has 1 N–H and O–H groups in total. The highest BCUT2D eigenvalue weighted by Gasteiger charge is 2.16. The van der Waals surface area contributed by atoms with Gasteiger partial charge < -0.3 is 15.0 Å². The highest BCUT2D eigenvalue weighted by Crippen LogP contribution is 2.29. The Kier molecular flexibility index (Phi) is 7.07. The Morgan fingerprint density at radius 3 is 2.43 bits per heavy atom. The van der Waals surface area contributed by atoms with Gasteiger partial charge in [0.15, 0.2) is 0 Å². The van der Waals surface area contributed by atoms with E-state index in [1.54, 1.807) is 24.1 Å². The summed E-state index contributed by atoms with van der Waals surface area (Å²) in [5, 5.41) is 4.98. The van der Waals surface area contributed by atoms with E-state index in [9.17, 15) is 9.59 Å². The van der Waals surface area contributed by atoms with Crippen LogP contribution >= 0.6 is 0 Å². The molecule has 5 nitrogen and oxygen atoms in total. The minimum absolute atomic E-state index is 0.0598. The number of nitrogens with zero attached hydrogens (tertiary/aromatic N) is 1. The molecule has 30 heavy (non-hydrogen) atoms. The molecule has 156 valence electrons. The normalized spacial score (nSPS) is 10.6. The zero-order chi connectivity index (χ0) is 21.5. The van der Waals surface area contributed by atoms with Crippen LogP contribution in [0.15, 0.2) is 60.7 Å². The zero-order valence-electron chi connectivity index (χ0n) is 17.8. The molecule has 0 bridgehead atoms. The first-order valence-electron chi connectivity index (χ1n) is 10.2. The quantitative estimate of drug-likeness (QED) is 0.600. The van der Waals surface area contributed by atoms with E-state index < -0.39 is 0 Å². The molecule has 0 saturated carbocycles. The molecule has 0 saturated heterocycles. The van der Waals surface area contributed by atoms with Crippen molar-refractivity contribution in [1.82, 2.24) is 10.2 Å². The molecule has 3 aromatic rings. The number of fused-ring (bicyclic) bond motifs is 1. The molecule has 0 heterocycles. The van der Waals surface area contributed by atoms with Gasteiger partial charge in [-0.25, -0.2) is 0 Å². The number of hydrogen-bond donors (Lipinski definition) is 1. The second kappa shape index (κ2) is 9.92. The molecule has 0 radical (unpaired) electrons. The fourth-order valence-corrected chi connectivity index (χ4v) is 3.35. The minimum atomic E-state index is -0.0777. The molecule has 0 aliphatic heterocycles. The largest absolute Gasteiger partial charge is 0.493 e. The van der Waals surface area contributed by atoms with Crippen molar-refractivity contribution >= 4 is 22.6 Å². The van der Waals surface area contributed by atoms with Crippen molar-refractivity contribution in [3.8, 4) is 5.75 Å². The van der Waals surface area contributed by atoms with E-state index in [1.807, 2.05) is 30.3 Å². The minimum Gasteiger partial charge on any atom is -0.493 e. The second-order valence-electron chi connectivity index (χ2n) is 7.38. The predicted octanol–water partition coefficient (Wildman–Crippen LogP) is 4.54. The summed E-state index contributed by atoms with van der Waals surface area (Å²) in [6.07, 6.45) is 0.922. The molecule has 0 aliphatic rings. The molecule has 2 amide bonds. The van der Waals surface area contributed by atoms with E-state index in [4.69, 9.17) is 4.74 Å². The van der Waals surface area contributed by atoms with E-state index in [2.05, 4.69) is 30.4 Å². The van der Waals surface area contributed by atoms with Crippen molar-refractivity contribution in [3.63, 3.8) is 0 Å². The number of nitrogens with one attached hydrogen (secondary N) is 1. The van der Waals surface area contributed by atoms with Crippen LogP contribution in [-0.2, 0) is 17.9 Å². The van der Waals surface area contributed by atoms with E-state index >= 15 is 0 Å². The van der Waals surface area contributed by atoms with Crippen molar-refractivity contribution in [2.45, 2.75) is 33.4 Å². The molecular formula is C25H28N2O3. The van der Waals surface area contributed by atoms with Crippen LogP contribution in [0.5, 0.6) is 5.75 Å². The van der Waals surface area contributed by atoms with Crippen LogP contribution in [0.2, 0.25) is 0 Å². The third-order valence-electron chi connectivity index (χ3n) is 4.94. The predicted molar refractivity (Wildman–Crippen MR) is 119 cm³/mol. The monoisotopic (exact) mass is 404 g/mol. The molecule has 0 spiro atoms. The topological polar surface area (TPSA) is 58.6 Å². The van der Waals surface area contributed by atoms with Crippen LogP contribution in [0.25, 0.3) is 10.8 Å². The number of carbonyl (C=O) groups excluding carboxylic acids is 2. The number of amides is 2. The Hall–Kier alpha value is -3.34. The van der Waals surface area contributed by atoms with Crippen molar-refractivity contribution < 1.29 is 14.3 Å². The first-order valence-corrected chi connectivity index (χ1v) is 10.2. The SMILES string of the molecule is CCCOc1ccc2ccccc2c1CN(C)C(=O)c1ccc(CNC(C)=O)cc1. The van der Waals surface area contributed by atoms with E-state index in [0.29, 0.717) is 25.3 Å². The van der Waals surface area contributed by atoms with Gasteiger partial charge in [-0.1, -0.05) is 49.4 Å². The van der Waals surface area contributed by atoms with Crippen molar-refractivity contribution in [2.24, 2.45) is 0 Å². The summed E-state index contributed by atoms with van der Waals surface area (Å²) in [7, 11) is 1.80. The number of benzene rings is 3. The molecule has 3 aromatic carbocycles. The third-order valence-corrected chi connectivity index (χ3v) is 4.94. The molecule has 5 heteroatoms. The van der Waals surface area contributed by atoms with Crippen LogP contribution < -0.4 is 10.1 Å². The number of rotatable bonds is 8. The fourth-order valence-electron chi connectivity index (χ4n) is 3.35. The van der Waals surface area contributed by atoms with Gasteiger partial charge in [-0.05, 0) is 41.0 Å². The van der Waals surface area contributed by atoms with E-state index in [1.165, 1.54) is 6.92 Å². The maximum atomic E-state index is 13.0. The lowest BCUT2D eigenvalue weighted by Crippen LogP contribution is -2.26. The smallest absolute Gasteiger partial charge is 0.253 e. The summed E-state index contributed by atoms with van der Waals surface area (Å²) in [6, 6.07) is 19.5. The van der Waals surface area contributed by atoms with Gasteiger partial charge in [-0.15, -0.1) is 0 Å². The van der Waals surface area contributed by atoms with Crippen LogP contribution in [0.3, 0.4) is 0 Å². The summed E-state index contributed by atoms with van der Waals surface area (Å²) >= 11 is 0. The van der Waals surface area contributed by atoms with Gasteiger partial charge in [0, 0.05) is 38.2 Å². The van der Waals surface area contributed by atoms with Crippen LogP contribution in [0.4, 0.5) is 0 Å². The Bertz CT molecular complexity index is 1030. The number of carbonyl (C=O) groups is 2. The van der Waals surface area contributed by atoms with Crippen molar-refractivity contribution in [2.75, 3.05) is 13.7 Å². The van der Waals surface area contributed by atoms with Gasteiger partial charge in [0.05, 0.1) is 6.61 Å². The standard InChI is InChI=1S/C25H28N2O3/c1-4-15-30-24-14-13-20-7-5-6-8-22(20)23(24)17-27(3)25(29)21-11-9-19(10-12-21)16-26-18(2)28/h5-14H,4,15-17H2,1-3H3,(H,26,28). The third kappa shape index (κ3) is 5.17. The lowest BCUT2D eigenvalue weighted by Gasteiger charge is -2.21. The summed E-state index contributed by atoms with van der Waals surface area (Å²) < 4.78 is 5.97. The molecule has 0 aromatic heterocycles. The van der Waals surface area contributed by atoms with Crippen LogP contribution in [-0.4, -0.2) is 30.4 Å². The fraction of sp³-hybridized carbons (Fsp3) is 0.280. The molecule has 0 aliphatic carbocycles. The van der Waals surface area contributed by atoms with Gasteiger partial charge in [0.1, 0.15) is 5.75 Å². The first kappa shape index (κ1) is 21.4. The average molecular weight is 405 g/mol. The Morgan fingerprint density at radius 2 is 1.73 bits per heavy atom. The molecule has 3 rings (SSSR count). The maximum Gasteiger partial charge on any atom is 0.253 e. The molecule has 0 unspecified atom stereocenters. The lowest BCUT2D eigenvalue weighted by atomic mass is 10.0. The molecular weight excluding hydrogens is 376 g/mol. The van der Waals surface area contributed by atoms with Gasteiger partial charge in [-0.2, -0.15) is 0 Å². The van der Waals surface area contributed by atoms with Gasteiger partial charge >= 0.3 is 0 Å². The Labute approximate surface area is 177 Å². The highest BCUT2D eigenvalue weighted by molar-refractivity contribution is 5.95. The summed E-state index contributed by atoms with van der Waals surface area (Å²) in [6.45, 7) is 5.10. The first-order chi connectivity index (χ1) is 14.5. The number of ether oxygens (including phenoxy) is 1. The highest BCUT2D eigenvalue weighted by atomic mass is 16.5. The van der Waals surface area contributed by atoms with E-state index in [0.717, 1.165) is 34.1 Å². The van der Waals surface area contributed by atoms with Crippen molar-refractivity contribution in [1.29, 1.82) is 0 Å². The Balaban J connectivity index is 1.80. The second-order valence-corrected chi connectivity index (χ2v) is 7.38. The molecule has 0 fully saturated rings. The summed E-state index contributed by atoms with van der Waals surface area (Å²) in [4.78, 5) is 25.8. The van der Waals surface area contributed by atoms with Crippen LogP contribution in [0, 0.1) is 0 Å². The van der Waals surface area contributed by atoms with Gasteiger partial charge in [0.25, 0.3) is 5.91 Å². The Morgan fingerprint density at radius 1 is 1.00 bits per heavy atom. The van der Waals surface area contributed by atoms with Gasteiger partial charge in [0.2, 0.25) is 5.91 Å². The van der Waals surface area contributed by atoms with Crippen molar-refractivity contribution in [3.05, 3.63) is 77.4 Å². The summed E-state index contributed by atoms with van der Waals surface area (Å²) in [5.41, 5.74) is 2.58. The average Bonchev–Trinajstić information content (AvgIpc) is 2.76. The van der Waals surface area contributed by atoms with Crippen LogP contribution in [0.1, 0.15) is 41.8 Å². The van der Waals surface area contributed by atoms with Gasteiger partial charge in [-0.3, -0.25) is 9.59 Å². The maximum absolute atomic E-state index is 13.0. The summed E-state index contributed by atoms with van der Waals surface area (Å²) in [5.74, 6) is 0.683. The molecule has 0 atom stereocenters. The van der Waals surface area contributed by atoms with E-state index in [-0.39, 0.29) is 11.8 Å².